The Labute approximate surface area is 128 Å². The van der Waals surface area contributed by atoms with E-state index in [0.717, 1.165) is 28.0 Å². The van der Waals surface area contributed by atoms with E-state index in [4.69, 9.17) is 11.6 Å². The van der Waals surface area contributed by atoms with E-state index in [2.05, 4.69) is 34.1 Å². The normalized spacial score (nSPS) is 11.0. The molecule has 0 aliphatic carbocycles. The summed E-state index contributed by atoms with van der Waals surface area (Å²) in [6.45, 7) is 4.14. The summed E-state index contributed by atoms with van der Waals surface area (Å²) < 4.78 is 0. The van der Waals surface area contributed by atoms with Gasteiger partial charge in [-0.15, -0.1) is 0 Å². The highest BCUT2D eigenvalue weighted by atomic mass is 35.5. The third-order valence-corrected chi connectivity index (χ3v) is 3.58. The quantitative estimate of drug-likeness (QED) is 0.721. The fourth-order valence-electron chi connectivity index (χ4n) is 2.28. The molecule has 106 valence electrons. The average molecular weight is 299 g/mol. The van der Waals surface area contributed by atoms with Gasteiger partial charge in [-0.3, -0.25) is 4.98 Å². The highest BCUT2D eigenvalue weighted by Gasteiger charge is 2.13. The van der Waals surface area contributed by atoms with Crippen LogP contribution in [0.3, 0.4) is 0 Å². The van der Waals surface area contributed by atoms with Crippen LogP contribution in [0.2, 0.25) is 5.15 Å². The summed E-state index contributed by atoms with van der Waals surface area (Å²) >= 11 is 6.18. The van der Waals surface area contributed by atoms with E-state index < -0.39 is 0 Å². The average Bonchev–Trinajstić information content (AvgIpc) is 2.47. The van der Waals surface area contributed by atoms with Crippen molar-refractivity contribution in [2.75, 3.05) is 5.32 Å². The molecule has 3 aromatic rings. The van der Waals surface area contributed by atoms with Crippen molar-refractivity contribution in [3.05, 3.63) is 53.6 Å². The zero-order valence-electron chi connectivity index (χ0n) is 11.8. The summed E-state index contributed by atoms with van der Waals surface area (Å²) in [6, 6.07) is 9.96. The van der Waals surface area contributed by atoms with Crippen LogP contribution < -0.4 is 5.32 Å². The Morgan fingerprint density at radius 3 is 2.76 bits per heavy atom. The minimum Gasteiger partial charge on any atom is -0.340 e. The number of anilines is 2. The smallest absolute Gasteiger partial charge is 0.138 e. The fourth-order valence-corrected chi connectivity index (χ4v) is 2.63. The molecule has 2 aromatic heterocycles. The van der Waals surface area contributed by atoms with Crippen molar-refractivity contribution >= 4 is 34.0 Å². The van der Waals surface area contributed by atoms with Crippen molar-refractivity contribution in [3.63, 3.8) is 0 Å². The molecule has 0 bridgehead atoms. The summed E-state index contributed by atoms with van der Waals surface area (Å²) in [7, 11) is 0. The third kappa shape index (κ3) is 2.81. The van der Waals surface area contributed by atoms with Crippen LogP contribution in [-0.2, 0) is 0 Å². The molecule has 0 unspecified atom stereocenters. The first-order valence-corrected chi connectivity index (χ1v) is 7.15. The summed E-state index contributed by atoms with van der Waals surface area (Å²) in [5, 5.41) is 4.89. The molecule has 0 amide bonds. The summed E-state index contributed by atoms with van der Waals surface area (Å²) in [5.74, 6) is 0.983. The Balaban J connectivity index is 2.00. The Morgan fingerprint density at radius 2 is 1.95 bits per heavy atom. The van der Waals surface area contributed by atoms with Gasteiger partial charge < -0.3 is 5.32 Å². The maximum absolute atomic E-state index is 6.18. The van der Waals surface area contributed by atoms with Crippen LogP contribution in [0.15, 0.2) is 42.9 Å². The largest absolute Gasteiger partial charge is 0.340 e. The van der Waals surface area contributed by atoms with Gasteiger partial charge in [0.2, 0.25) is 0 Å². The standard InChI is InChI=1S/C16H15ClN4/c1-10(2)14-15(17)19-9-20-16(14)21-12-5-6-13-11(8-12)4-3-7-18-13/h3-10H,1-2H3,(H,19,20,21). The minimum absolute atomic E-state index is 0.239. The number of benzene rings is 1. The van der Waals surface area contributed by atoms with Gasteiger partial charge in [-0.2, -0.15) is 0 Å². The monoisotopic (exact) mass is 298 g/mol. The van der Waals surface area contributed by atoms with Gasteiger partial charge in [0, 0.05) is 22.8 Å². The van der Waals surface area contributed by atoms with Crippen LogP contribution >= 0.6 is 11.6 Å². The van der Waals surface area contributed by atoms with Crippen LogP contribution in [0.1, 0.15) is 25.3 Å². The molecule has 4 nitrogen and oxygen atoms in total. The first-order valence-electron chi connectivity index (χ1n) is 6.77. The van der Waals surface area contributed by atoms with Crippen LogP contribution in [-0.4, -0.2) is 15.0 Å². The lowest BCUT2D eigenvalue weighted by Crippen LogP contribution is -2.03. The molecule has 3 rings (SSSR count). The number of aromatic nitrogens is 3. The van der Waals surface area contributed by atoms with Crippen molar-refractivity contribution < 1.29 is 0 Å². The van der Waals surface area contributed by atoms with Gasteiger partial charge in [0.25, 0.3) is 0 Å². The SMILES string of the molecule is CC(C)c1c(Cl)ncnc1Nc1ccc2ncccc2c1. The van der Waals surface area contributed by atoms with E-state index in [-0.39, 0.29) is 5.92 Å². The Morgan fingerprint density at radius 1 is 1.10 bits per heavy atom. The van der Waals surface area contributed by atoms with Crippen LogP contribution in [0.5, 0.6) is 0 Å². The number of fused-ring (bicyclic) bond motifs is 1. The first kappa shape index (κ1) is 13.8. The fraction of sp³-hybridized carbons (Fsp3) is 0.188. The molecule has 1 aromatic carbocycles. The van der Waals surface area contributed by atoms with Crippen molar-refractivity contribution in [1.29, 1.82) is 0 Å². The second kappa shape index (κ2) is 5.66. The zero-order chi connectivity index (χ0) is 14.8. The number of pyridine rings is 1. The number of nitrogens with one attached hydrogen (secondary N) is 1. The van der Waals surface area contributed by atoms with Crippen LogP contribution in [0, 0.1) is 0 Å². The summed E-state index contributed by atoms with van der Waals surface area (Å²) in [5.41, 5.74) is 2.84. The molecule has 21 heavy (non-hydrogen) atoms. The topological polar surface area (TPSA) is 50.7 Å². The molecule has 0 aliphatic rings. The van der Waals surface area contributed by atoms with Crippen molar-refractivity contribution in [1.82, 2.24) is 15.0 Å². The highest BCUT2D eigenvalue weighted by molar-refractivity contribution is 6.30. The lowest BCUT2D eigenvalue weighted by Gasteiger charge is -2.14. The molecule has 5 heteroatoms. The van der Waals surface area contributed by atoms with Crippen LogP contribution in [0.4, 0.5) is 11.5 Å². The Hall–Kier alpha value is -2.20. The second-order valence-corrected chi connectivity index (χ2v) is 5.48. The van der Waals surface area contributed by atoms with Gasteiger partial charge in [0.15, 0.2) is 0 Å². The number of hydrogen-bond acceptors (Lipinski definition) is 4. The molecule has 0 radical (unpaired) electrons. The van der Waals surface area contributed by atoms with E-state index in [1.54, 1.807) is 6.20 Å². The minimum atomic E-state index is 0.239. The molecule has 2 heterocycles. The molecule has 0 saturated carbocycles. The van der Waals surface area contributed by atoms with Crippen molar-refractivity contribution in [3.8, 4) is 0 Å². The van der Waals surface area contributed by atoms with E-state index >= 15 is 0 Å². The molecule has 0 spiro atoms. The number of nitrogens with zero attached hydrogens (tertiary/aromatic N) is 3. The third-order valence-electron chi connectivity index (χ3n) is 3.28. The molecule has 0 fully saturated rings. The highest BCUT2D eigenvalue weighted by Crippen LogP contribution is 2.30. The lowest BCUT2D eigenvalue weighted by atomic mass is 10.1. The van der Waals surface area contributed by atoms with E-state index in [1.165, 1.54) is 6.33 Å². The number of rotatable bonds is 3. The van der Waals surface area contributed by atoms with Crippen molar-refractivity contribution in [2.24, 2.45) is 0 Å². The zero-order valence-corrected chi connectivity index (χ0v) is 12.6. The van der Waals surface area contributed by atoms with E-state index in [1.807, 2.05) is 30.3 Å². The first-order chi connectivity index (χ1) is 10.1. The van der Waals surface area contributed by atoms with Crippen molar-refractivity contribution in [2.45, 2.75) is 19.8 Å². The van der Waals surface area contributed by atoms with Crippen LogP contribution in [0.25, 0.3) is 10.9 Å². The Kier molecular flexibility index (Phi) is 3.71. The molecule has 1 N–H and O–H groups in total. The van der Waals surface area contributed by atoms with Gasteiger partial charge in [0.05, 0.1) is 5.52 Å². The van der Waals surface area contributed by atoms with E-state index in [0.29, 0.717) is 5.15 Å². The molecule has 0 aliphatic heterocycles. The maximum atomic E-state index is 6.18. The summed E-state index contributed by atoms with van der Waals surface area (Å²) in [4.78, 5) is 12.7. The Bertz CT molecular complexity index is 786. The van der Waals surface area contributed by atoms with Gasteiger partial charge in [-0.1, -0.05) is 31.5 Å². The van der Waals surface area contributed by atoms with Gasteiger partial charge >= 0.3 is 0 Å². The second-order valence-electron chi connectivity index (χ2n) is 5.12. The van der Waals surface area contributed by atoms with Gasteiger partial charge in [0.1, 0.15) is 17.3 Å². The molecule has 0 atom stereocenters. The van der Waals surface area contributed by atoms with Gasteiger partial charge in [-0.25, -0.2) is 9.97 Å². The lowest BCUT2D eigenvalue weighted by molar-refractivity contribution is 0.850. The van der Waals surface area contributed by atoms with Gasteiger partial charge in [-0.05, 0) is 30.2 Å². The maximum Gasteiger partial charge on any atom is 0.138 e. The predicted octanol–water partition coefficient (Wildman–Crippen LogP) is 4.55. The number of hydrogen-bond donors (Lipinski definition) is 1. The van der Waals surface area contributed by atoms with E-state index in [9.17, 15) is 0 Å². The molecular weight excluding hydrogens is 284 g/mol. The number of halogens is 1. The predicted molar refractivity (Wildman–Crippen MR) is 86.2 cm³/mol. The summed E-state index contributed by atoms with van der Waals surface area (Å²) in [6.07, 6.45) is 3.26. The molecular formula is C16H15ClN4. The molecule has 0 saturated heterocycles.